The fraction of sp³-hybridized carbons (Fsp3) is 0.467. The Morgan fingerprint density at radius 3 is 2.50 bits per heavy atom. The first-order valence-corrected chi connectivity index (χ1v) is 6.86. The lowest BCUT2D eigenvalue weighted by molar-refractivity contribution is -0.123. The van der Waals surface area contributed by atoms with Gasteiger partial charge in [0, 0.05) is 6.54 Å². The first-order valence-electron chi connectivity index (χ1n) is 6.86. The van der Waals surface area contributed by atoms with E-state index in [1.807, 2.05) is 0 Å². The van der Waals surface area contributed by atoms with Crippen molar-refractivity contribution in [1.82, 2.24) is 5.32 Å². The van der Waals surface area contributed by atoms with E-state index in [-0.39, 0.29) is 18.1 Å². The van der Waals surface area contributed by atoms with Crippen molar-refractivity contribution >= 4 is 11.8 Å². The Labute approximate surface area is 119 Å². The average Bonchev–Trinajstić information content (AvgIpc) is 2.46. The maximum atomic E-state index is 11.7. The third kappa shape index (κ3) is 4.91. The van der Waals surface area contributed by atoms with E-state index < -0.39 is 5.91 Å². The average molecular weight is 278 g/mol. The SMILES string of the molecule is CCC(CC)CNC(=O)COc1ccccc1C(N)=O. The summed E-state index contributed by atoms with van der Waals surface area (Å²) in [6, 6.07) is 6.61. The van der Waals surface area contributed by atoms with Crippen LogP contribution in [0.5, 0.6) is 5.75 Å². The van der Waals surface area contributed by atoms with Gasteiger partial charge in [-0.2, -0.15) is 0 Å². The molecule has 1 aromatic carbocycles. The highest BCUT2D eigenvalue weighted by molar-refractivity contribution is 5.95. The normalized spacial score (nSPS) is 10.3. The minimum Gasteiger partial charge on any atom is -0.483 e. The first-order chi connectivity index (χ1) is 9.58. The summed E-state index contributed by atoms with van der Waals surface area (Å²) in [6.45, 7) is 4.72. The number of hydrogen-bond acceptors (Lipinski definition) is 3. The second-order valence-electron chi connectivity index (χ2n) is 4.64. The lowest BCUT2D eigenvalue weighted by Gasteiger charge is -2.14. The largest absolute Gasteiger partial charge is 0.483 e. The Balaban J connectivity index is 2.47. The van der Waals surface area contributed by atoms with Crippen molar-refractivity contribution in [2.45, 2.75) is 26.7 Å². The van der Waals surface area contributed by atoms with E-state index in [9.17, 15) is 9.59 Å². The van der Waals surface area contributed by atoms with Crippen molar-refractivity contribution in [3.63, 3.8) is 0 Å². The predicted molar refractivity (Wildman–Crippen MR) is 77.5 cm³/mol. The molecule has 0 aromatic heterocycles. The van der Waals surface area contributed by atoms with Crippen LogP contribution in [0.15, 0.2) is 24.3 Å². The molecule has 0 radical (unpaired) electrons. The van der Waals surface area contributed by atoms with Gasteiger partial charge < -0.3 is 15.8 Å². The van der Waals surface area contributed by atoms with Gasteiger partial charge in [0.05, 0.1) is 5.56 Å². The molecule has 0 unspecified atom stereocenters. The number of benzene rings is 1. The maximum absolute atomic E-state index is 11.7. The van der Waals surface area contributed by atoms with Crippen LogP contribution >= 0.6 is 0 Å². The van der Waals surface area contributed by atoms with Gasteiger partial charge in [0.15, 0.2) is 6.61 Å². The highest BCUT2D eigenvalue weighted by Gasteiger charge is 2.11. The van der Waals surface area contributed by atoms with Crippen LogP contribution in [0.2, 0.25) is 0 Å². The van der Waals surface area contributed by atoms with Gasteiger partial charge in [-0.25, -0.2) is 0 Å². The summed E-state index contributed by atoms with van der Waals surface area (Å²) >= 11 is 0. The van der Waals surface area contributed by atoms with E-state index in [0.29, 0.717) is 18.2 Å². The van der Waals surface area contributed by atoms with E-state index >= 15 is 0 Å². The number of nitrogens with two attached hydrogens (primary N) is 1. The molecule has 20 heavy (non-hydrogen) atoms. The Morgan fingerprint density at radius 2 is 1.90 bits per heavy atom. The van der Waals surface area contributed by atoms with Crippen LogP contribution < -0.4 is 15.8 Å². The molecule has 0 heterocycles. The van der Waals surface area contributed by atoms with E-state index in [2.05, 4.69) is 19.2 Å². The van der Waals surface area contributed by atoms with Gasteiger partial charge in [-0.3, -0.25) is 9.59 Å². The van der Waals surface area contributed by atoms with Gasteiger partial charge in [-0.15, -0.1) is 0 Å². The monoisotopic (exact) mass is 278 g/mol. The molecule has 0 aliphatic heterocycles. The molecule has 0 saturated carbocycles. The topological polar surface area (TPSA) is 81.4 Å². The number of ether oxygens (including phenoxy) is 1. The van der Waals surface area contributed by atoms with Gasteiger partial charge >= 0.3 is 0 Å². The smallest absolute Gasteiger partial charge is 0.257 e. The molecular weight excluding hydrogens is 256 g/mol. The molecule has 5 heteroatoms. The highest BCUT2D eigenvalue weighted by atomic mass is 16.5. The van der Waals surface area contributed by atoms with E-state index in [1.165, 1.54) is 0 Å². The Hall–Kier alpha value is -2.04. The second-order valence-corrected chi connectivity index (χ2v) is 4.64. The highest BCUT2D eigenvalue weighted by Crippen LogP contribution is 2.16. The Bertz CT molecular complexity index is 456. The number of carbonyl (C=O) groups is 2. The van der Waals surface area contributed by atoms with E-state index in [4.69, 9.17) is 10.5 Å². The number of primary amides is 1. The van der Waals surface area contributed by atoms with Crippen LogP contribution in [0.3, 0.4) is 0 Å². The Kier molecular flexibility index (Phi) is 6.56. The van der Waals surface area contributed by atoms with Crippen molar-refractivity contribution in [3.8, 4) is 5.75 Å². The fourth-order valence-electron chi connectivity index (χ4n) is 1.83. The lowest BCUT2D eigenvalue weighted by Crippen LogP contribution is -2.33. The maximum Gasteiger partial charge on any atom is 0.257 e. The van der Waals surface area contributed by atoms with Crippen molar-refractivity contribution < 1.29 is 14.3 Å². The van der Waals surface area contributed by atoms with E-state index in [0.717, 1.165) is 12.8 Å². The standard InChI is InChI=1S/C15H22N2O3/c1-3-11(4-2)9-17-14(18)10-20-13-8-6-5-7-12(13)15(16)19/h5-8,11H,3-4,9-10H2,1-2H3,(H2,16,19)(H,17,18). The van der Waals surface area contributed by atoms with Crippen molar-refractivity contribution in [1.29, 1.82) is 0 Å². The molecule has 2 amide bonds. The molecule has 0 atom stereocenters. The number of para-hydroxylation sites is 1. The molecule has 0 spiro atoms. The predicted octanol–water partition coefficient (Wildman–Crippen LogP) is 1.72. The molecule has 0 bridgehead atoms. The molecule has 1 rings (SSSR count). The number of amides is 2. The molecule has 0 saturated heterocycles. The minimum atomic E-state index is -0.571. The number of rotatable bonds is 8. The summed E-state index contributed by atoms with van der Waals surface area (Å²) in [4.78, 5) is 22.9. The summed E-state index contributed by atoms with van der Waals surface area (Å²) in [5.74, 6) is 0.0451. The van der Waals surface area contributed by atoms with Crippen LogP contribution in [0, 0.1) is 5.92 Å². The third-order valence-corrected chi connectivity index (χ3v) is 3.25. The van der Waals surface area contributed by atoms with Gasteiger partial charge in [0.1, 0.15) is 5.75 Å². The molecule has 0 aliphatic carbocycles. The van der Waals surface area contributed by atoms with Gasteiger partial charge in [-0.05, 0) is 18.1 Å². The Morgan fingerprint density at radius 1 is 1.25 bits per heavy atom. The summed E-state index contributed by atoms with van der Waals surface area (Å²) in [7, 11) is 0. The van der Waals surface area contributed by atoms with Crippen LogP contribution in [0.25, 0.3) is 0 Å². The van der Waals surface area contributed by atoms with E-state index in [1.54, 1.807) is 24.3 Å². The lowest BCUT2D eigenvalue weighted by atomic mass is 10.0. The summed E-state index contributed by atoms with van der Waals surface area (Å²) in [5, 5.41) is 2.82. The second kappa shape index (κ2) is 8.19. The third-order valence-electron chi connectivity index (χ3n) is 3.25. The summed E-state index contributed by atoms with van der Waals surface area (Å²) in [5.41, 5.74) is 5.51. The molecule has 3 N–H and O–H groups in total. The molecule has 0 fully saturated rings. The van der Waals surface area contributed by atoms with Crippen LogP contribution in [-0.4, -0.2) is 25.0 Å². The minimum absolute atomic E-state index is 0.121. The number of carbonyl (C=O) groups excluding carboxylic acids is 2. The van der Waals surface area contributed by atoms with Crippen molar-refractivity contribution in [2.24, 2.45) is 11.7 Å². The number of hydrogen-bond donors (Lipinski definition) is 2. The molecule has 0 aliphatic rings. The van der Waals surface area contributed by atoms with Crippen LogP contribution in [0.1, 0.15) is 37.0 Å². The summed E-state index contributed by atoms with van der Waals surface area (Å²) in [6.07, 6.45) is 2.06. The quantitative estimate of drug-likeness (QED) is 0.759. The van der Waals surface area contributed by atoms with Gasteiger partial charge in [0.2, 0.25) is 0 Å². The molecule has 110 valence electrons. The summed E-state index contributed by atoms with van der Waals surface area (Å²) < 4.78 is 5.35. The van der Waals surface area contributed by atoms with Crippen LogP contribution in [-0.2, 0) is 4.79 Å². The first kappa shape index (κ1) is 16.0. The van der Waals surface area contributed by atoms with Crippen molar-refractivity contribution in [2.75, 3.05) is 13.2 Å². The molecule has 1 aromatic rings. The van der Waals surface area contributed by atoms with Crippen molar-refractivity contribution in [3.05, 3.63) is 29.8 Å². The zero-order valence-electron chi connectivity index (χ0n) is 12.0. The molecule has 5 nitrogen and oxygen atoms in total. The number of nitrogens with one attached hydrogen (secondary N) is 1. The molecular formula is C15H22N2O3. The van der Waals surface area contributed by atoms with Gasteiger partial charge in [0.25, 0.3) is 11.8 Å². The zero-order chi connectivity index (χ0) is 15.0. The van der Waals surface area contributed by atoms with Crippen LogP contribution in [0.4, 0.5) is 0 Å². The zero-order valence-corrected chi connectivity index (χ0v) is 12.0. The van der Waals surface area contributed by atoms with Gasteiger partial charge in [-0.1, -0.05) is 38.8 Å². The fourth-order valence-corrected chi connectivity index (χ4v) is 1.83.